The van der Waals surface area contributed by atoms with Crippen LogP contribution in [0.3, 0.4) is 0 Å². The maximum absolute atomic E-state index is 4.27. The van der Waals surface area contributed by atoms with Crippen molar-refractivity contribution in [1.82, 2.24) is 20.1 Å². The molecule has 2 aromatic rings. The smallest absolute Gasteiger partial charge is 0.0798 e. The maximum Gasteiger partial charge on any atom is 0.0798 e. The highest BCUT2D eigenvalue weighted by Crippen LogP contribution is 2.20. The van der Waals surface area contributed by atoms with Crippen molar-refractivity contribution in [3.63, 3.8) is 0 Å². The SMILES string of the molecule is Cc1ncsc1C(C)NCCc1ccnn1C. The van der Waals surface area contributed by atoms with Crippen molar-refractivity contribution in [2.75, 3.05) is 6.54 Å². The van der Waals surface area contributed by atoms with E-state index in [0.717, 1.165) is 18.7 Å². The predicted octanol–water partition coefficient (Wildman–Crippen LogP) is 2.08. The van der Waals surface area contributed by atoms with Crippen LogP contribution in [0.1, 0.15) is 29.2 Å². The zero-order valence-corrected chi connectivity index (χ0v) is 11.3. The summed E-state index contributed by atoms with van der Waals surface area (Å²) in [5.74, 6) is 0. The van der Waals surface area contributed by atoms with E-state index in [1.165, 1.54) is 10.6 Å². The number of nitrogens with zero attached hydrogens (tertiary/aromatic N) is 3. The van der Waals surface area contributed by atoms with Crippen LogP contribution in [0.2, 0.25) is 0 Å². The van der Waals surface area contributed by atoms with Crippen LogP contribution in [0.15, 0.2) is 17.8 Å². The summed E-state index contributed by atoms with van der Waals surface area (Å²) in [6.45, 7) is 5.20. The topological polar surface area (TPSA) is 42.7 Å². The van der Waals surface area contributed by atoms with Crippen molar-refractivity contribution in [2.45, 2.75) is 26.3 Å². The summed E-state index contributed by atoms with van der Waals surface area (Å²) in [4.78, 5) is 5.60. The summed E-state index contributed by atoms with van der Waals surface area (Å²) in [5, 5.41) is 7.68. The van der Waals surface area contributed by atoms with Gasteiger partial charge in [-0.05, 0) is 19.9 Å². The van der Waals surface area contributed by atoms with E-state index in [1.54, 1.807) is 11.3 Å². The predicted molar refractivity (Wildman–Crippen MR) is 70.2 cm³/mol. The Bertz CT molecular complexity index is 474. The second-order valence-corrected chi connectivity index (χ2v) is 5.06. The molecule has 92 valence electrons. The first-order valence-electron chi connectivity index (χ1n) is 5.78. The molecule has 2 rings (SSSR count). The Labute approximate surface area is 106 Å². The maximum atomic E-state index is 4.27. The minimum Gasteiger partial charge on any atom is -0.309 e. The van der Waals surface area contributed by atoms with Gasteiger partial charge in [-0.1, -0.05) is 0 Å². The molecule has 0 saturated carbocycles. The summed E-state index contributed by atoms with van der Waals surface area (Å²) >= 11 is 1.72. The molecule has 5 heteroatoms. The van der Waals surface area contributed by atoms with Crippen LogP contribution < -0.4 is 5.32 Å². The first-order chi connectivity index (χ1) is 8.18. The van der Waals surface area contributed by atoms with Crippen molar-refractivity contribution in [2.24, 2.45) is 7.05 Å². The van der Waals surface area contributed by atoms with E-state index in [9.17, 15) is 0 Å². The lowest BCUT2D eigenvalue weighted by Crippen LogP contribution is -2.22. The molecule has 0 aromatic carbocycles. The third kappa shape index (κ3) is 2.92. The van der Waals surface area contributed by atoms with Crippen molar-refractivity contribution < 1.29 is 0 Å². The van der Waals surface area contributed by atoms with Gasteiger partial charge in [-0.25, -0.2) is 4.98 Å². The first kappa shape index (κ1) is 12.3. The Morgan fingerprint density at radius 2 is 2.35 bits per heavy atom. The van der Waals surface area contributed by atoms with Crippen LogP contribution in [-0.4, -0.2) is 21.3 Å². The van der Waals surface area contributed by atoms with Crippen LogP contribution in [0.25, 0.3) is 0 Å². The lowest BCUT2D eigenvalue weighted by molar-refractivity contribution is 0.568. The molecule has 4 nitrogen and oxygen atoms in total. The zero-order valence-electron chi connectivity index (χ0n) is 10.5. The molecule has 1 unspecified atom stereocenters. The van der Waals surface area contributed by atoms with Crippen molar-refractivity contribution >= 4 is 11.3 Å². The van der Waals surface area contributed by atoms with Crippen LogP contribution in [0.4, 0.5) is 0 Å². The fourth-order valence-corrected chi connectivity index (χ4v) is 2.72. The van der Waals surface area contributed by atoms with Gasteiger partial charge in [0.05, 0.1) is 11.2 Å². The Kier molecular flexibility index (Phi) is 3.91. The number of thiazole rings is 1. The van der Waals surface area contributed by atoms with E-state index in [-0.39, 0.29) is 0 Å². The molecule has 0 saturated heterocycles. The normalized spacial score (nSPS) is 12.9. The molecule has 0 bridgehead atoms. The Balaban J connectivity index is 1.83. The second kappa shape index (κ2) is 5.42. The lowest BCUT2D eigenvalue weighted by atomic mass is 10.2. The number of hydrogen-bond donors (Lipinski definition) is 1. The molecular weight excluding hydrogens is 232 g/mol. The average Bonchev–Trinajstić information content (AvgIpc) is 2.88. The number of aryl methyl sites for hydroxylation is 2. The fourth-order valence-electron chi connectivity index (χ4n) is 1.88. The molecule has 0 aliphatic heterocycles. The highest BCUT2D eigenvalue weighted by Gasteiger charge is 2.10. The molecule has 1 N–H and O–H groups in total. The Morgan fingerprint density at radius 3 is 2.94 bits per heavy atom. The minimum atomic E-state index is 0.371. The molecule has 0 aliphatic carbocycles. The van der Waals surface area contributed by atoms with Gasteiger partial charge in [-0.2, -0.15) is 5.10 Å². The van der Waals surface area contributed by atoms with E-state index in [1.807, 2.05) is 23.4 Å². The van der Waals surface area contributed by atoms with E-state index >= 15 is 0 Å². The lowest BCUT2D eigenvalue weighted by Gasteiger charge is -2.12. The van der Waals surface area contributed by atoms with E-state index in [4.69, 9.17) is 0 Å². The summed E-state index contributed by atoms with van der Waals surface area (Å²) in [5.41, 5.74) is 4.30. The van der Waals surface area contributed by atoms with Crippen molar-refractivity contribution in [3.8, 4) is 0 Å². The van der Waals surface area contributed by atoms with Crippen LogP contribution in [0.5, 0.6) is 0 Å². The number of rotatable bonds is 5. The number of hydrogen-bond acceptors (Lipinski definition) is 4. The standard InChI is InChI=1S/C12H18N4S/c1-9(12-10(2)14-8-17-12)13-6-4-11-5-7-15-16(11)3/h5,7-9,13H,4,6H2,1-3H3. The quantitative estimate of drug-likeness (QED) is 0.883. The van der Waals surface area contributed by atoms with E-state index in [0.29, 0.717) is 6.04 Å². The van der Waals surface area contributed by atoms with E-state index < -0.39 is 0 Å². The number of aromatic nitrogens is 3. The molecule has 1 atom stereocenters. The summed E-state index contributed by atoms with van der Waals surface area (Å²) < 4.78 is 1.92. The van der Waals surface area contributed by atoms with E-state index in [2.05, 4.69) is 35.3 Å². The molecule has 0 spiro atoms. The van der Waals surface area contributed by atoms with Crippen molar-refractivity contribution in [3.05, 3.63) is 34.0 Å². The molecule has 2 aromatic heterocycles. The molecule has 0 aliphatic rings. The summed E-state index contributed by atoms with van der Waals surface area (Å²) in [6.07, 6.45) is 2.84. The van der Waals surface area contributed by atoms with Crippen LogP contribution in [0, 0.1) is 6.92 Å². The van der Waals surface area contributed by atoms with Gasteiger partial charge in [0.2, 0.25) is 0 Å². The Hall–Kier alpha value is -1.20. The van der Waals surface area contributed by atoms with Gasteiger partial charge >= 0.3 is 0 Å². The van der Waals surface area contributed by atoms with Crippen molar-refractivity contribution in [1.29, 1.82) is 0 Å². The third-order valence-electron chi connectivity index (χ3n) is 2.93. The summed E-state index contributed by atoms with van der Waals surface area (Å²) in [6, 6.07) is 2.43. The minimum absolute atomic E-state index is 0.371. The largest absolute Gasteiger partial charge is 0.309 e. The monoisotopic (exact) mass is 250 g/mol. The van der Waals surface area contributed by atoms with Gasteiger partial charge in [-0.3, -0.25) is 4.68 Å². The van der Waals surface area contributed by atoms with Crippen LogP contribution in [-0.2, 0) is 13.5 Å². The van der Waals surface area contributed by atoms with Gasteiger partial charge in [0, 0.05) is 42.8 Å². The molecule has 17 heavy (non-hydrogen) atoms. The van der Waals surface area contributed by atoms with Gasteiger partial charge in [0.25, 0.3) is 0 Å². The molecule has 0 radical (unpaired) electrons. The second-order valence-electron chi connectivity index (χ2n) is 4.17. The highest BCUT2D eigenvalue weighted by atomic mass is 32.1. The van der Waals surface area contributed by atoms with Gasteiger partial charge in [0.1, 0.15) is 0 Å². The average molecular weight is 250 g/mol. The molecule has 2 heterocycles. The zero-order chi connectivity index (χ0) is 12.3. The fraction of sp³-hybridized carbons (Fsp3) is 0.500. The Morgan fingerprint density at radius 1 is 1.53 bits per heavy atom. The first-order valence-corrected chi connectivity index (χ1v) is 6.66. The van der Waals surface area contributed by atoms with Gasteiger partial charge < -0.3 is 5.32 Å². The molecule has 0 amide bonds. The highest BCUT2D eigenvalue weighted by molar-refractivity contribution is 7.09. The van der Waals surface area contributed by atoms with Gasteiger partial charge in [-0.15, -0.1) is 11.3 Å². The van der Waals surface area contributed by atoms with Gasteiger partial charge in [0.15, 0.2) is 0 Å². The van der Waals surface area contributed by atoms with Crippen LogP contribution >= 0.6 is 11.3 Å². The molecule has 0 fully saturated rings. The summed E-state index contributed by atoms with van der Waals surface area (Å²) in [7, 11) is 1.98. The third-order valence-corrected chi connectivity index (χ3v) is 4.04. The molecular formula is C12H18N4S. The number of nitrogens with one attached hydrogen (secondary N) is 1.